The fourth-order valence-corrected chi connectivity index (χ4v) is 1.65. The van der Waals surface area contributed by atoms with E-state index in [4.69, 9.17) is 0 Å². The van der Waals surface area contributed by atoms with Gasteiger partial charge in [0.15, 0.2) is 0 Å². The first kappa shape index (κ1) is 11.9. The van der Waals surface area contributed by atoms with Crippen LogP contribution in [0, 0.1) is 5.95 Å². The number of hydrogen-bond donors (Lipinski definition) is 1. The number of piperazine rings is 1. The normalized spacial score (nSPS) is 18.0. The summed E-state index contributed by atoms with van der Waals surface area (Å²) < 4.78 is 12.8. The first-order chi connectivity index (χ1) is 8.15. The largest absolute Gasteiger partial charge is 0.304 e. The molecule has 6 heteroatoms. The highest BCUT2D eigenvalue weighted by atomic mass is 19.1. The topological polar surface area (TPSA) is 48.5 Å². The summed E-state index contributed by atoms with van der Waals surface area (Å²) >= 11 is 0. The number of likely N-dealkylation sites (N-methyl/N-ethyl adjacent to an activating group) is 1. The molecule has 1 amide bonds. The molecule has 0 unspecified atom stereocenters. The number of carbonyl (C=O) groups excluding carboxylic acids is 1. The van der Waals surface area contributed by atoms with E-state index in [1.807, 2.05) is 12.1 Å². The van der Waals surface area contributed by atoms with Gasteiger partial charge in [-0.05, 0) is 19.2 Å². The molecule has 2 heterocycles. The van der Waals surface area contributed by atoms with Crippen molar-refractivity contribution >= 4 is 5.91 Å². The van der Waals surface area contributed by atoms with Gasteiger partial charge in [0, 0.05) is 26.2 Å². The van der Waals surface area contributed by atoms with Crippen LogP contribution in [-0.2, 0) is 0 Å². The Labute approximate surface area is 99.2 Å². The Morgan fingerprint density at radius 2 is 2.06 bits per heavy atom. The van der Waals surface area contributed by atoms with Crippen molar-refractivity contribution in [2.75, 3.05) is 33.2 Å². The number of hydrogen-bond acceptors (Lipinski definition) is 4. The van der Waals surface area contributed by atoms with E-state index in [1.54, 1.807) is 0 Å². The summed E-state index contributed by atoms with van der Waals surface area (Å²) in [4.78, 5) is 17.5. The predicted octanol–water partition coefficient (Wildman–Crippen LogP) is 0.113. The van der Waals surface area contributed by atoms with E-state index in [1.165, 1.54) is 18.2 Å². The number of hydrazine groups is 1. The fraction of sp³-hybridized carbons (Fsp3) is 0.455. The standard InChI is InChI=1S/C11H15FN4O/c1-15-5-7-16(8-6-15)14-11(17)9-3-2-4-10(12)13-9/h2-4H,5-8H2,1H3,(H,14,17). The van der Waals surface area contributed by atoms with Crippen molar-refractivity contribution in [3.05, 3.63) is 29.8 Å². The third kappa shape index (κ3) is 3.21. The average Bonchev–Trinajstić information content (AvgIpc) is 2.32. The summed E-state index contributed by atoms with van der Waals surface area (Å²) in [6.45, 7) is 3.32. The van der Waals surface area contributed by atoms with Crippen molar-refractivity contribution in [2.24, 2.45) is 0 Å². The summed E-state index contributed by atoms with van der Waals surface area (Å²) in [5, 5.41) is 1.83. The molecule has 1 fully saturated rings. The zero-order valence-electron chi connectivity index (χ0n) is 9.69. The van der Waals surface area contributed by atoms with E-state index in [9.17, 15) is 9.18 Å². The molecule has 0 saturated carbocycles. The Kier molecular flexibility index (Phi) is 3.65. The highest BCUT2D eigenvalue weighted by Gasteiger charge is 2.17. The van der Waals surface area contributed by atoms with Crippen LogP contribution in [0.1, 0.15) is 10.5 Å². The quantitative estimate of drug-likeness (QED) is 0.743. The van der Waals surface area contributed by atoms with Gasteiger partial charge in [0.25, 0.3) is 5.91 Å². The lowest BCUT2D eigenvalue weighted by Gasteiger charge is -2.32. The lowest BCUT2D eigenvalue weighted by Crippen LogP contribution is -2.52. The molecular formula is C11H15FN4O. The summed E-state index contributed by atoms with van der Waals surface area (Å²) in [5.41, 5.74) is 2.82. The molecule has 0 spiro atoms. The van der Waals surface area contributed by atoms with Gasteiger partial charge in [0.1, 0.15) is 5.69 Å². The lowest BCUT2D eigenvalue weighted by molar-refractivity contribution is 0.0656. The van der Waals surface area contributed by atoms with E-state index < -0.39 is 5.95 Å². The van der Waals surface area contributed by atoms with E-state index in [2.05, 4.69) is 15.3 Å². The van der Waals surface area contributed by atoms with Gasteiger partial charge < -0.3 is 4.90 Å². The lowest BCUT2D eigenvalue weighted by atomic mass is 10.3. The maximum atomic E-state index is 12.8. The number of nitrogens with zero attached hydrogens (tertiary/aromatic N) is 3. The van der Waals surface area contributed by atoms with Crippen molar-refractivity contribution in [3.63, 3.8) is 0 Å². The zero-order valence-corrected chi connectivity index (χ0v) is 9.69. The van der Waals surface area contributed by atoms with Gasteiger partial charge in [-0.1, -0.05) is 6.07 Å². The van der Waals surface area contributed by atoms with Gasteiger partial charge in [-0.15, -0.1) is 0 Å². The van der Waals surface area contributed by atoms with E-state index in [-0.39, 0.29) is 11.6 Å². The molecule has 1 saturated heterocycles. The van der Waals surface area contributed by atoms with Gasteiger partial charge in [-0.3, -0.25) is 10.2 Å². The Bertz CT molecular complexity index is 404. The molecule has 1 aliphatic rings. The first-order valence-electron chi connectivity index (χ1n) is 5.52. The Morgan fingerprint density at radius 3 is 2.71 bits per heavy atom. The molecular weight excluding hydrogens is 223 g/mol. The number of nitrogens with one attached hydrogen (secondary N) is 1. The van der Waals surface area contributed by atoms with Crippen molar-refractivity contribution in [1.29, 1.82) is 0 Å². The smallest absolute Gasteiger partial charge is 0.284 e. The number of amides is 1. The zero-order chi connectivity index (χ0) is 12.3. The van der Waals surface area contributed by atoms with Crippen LogP contribution in [0.4, 0.5) is 4.39 Å². The first-order valence-corrected chi connectivity index (χ1v) is 5.52. The summed E-state index contributed by atoms with van der Waals surface area (Å²) in [7, 11) is 2.04. The van der Waals surface area contributed by atoms with E-state index in [0.717, 1.165) is 26.2 Å². The van der Waals surface area contributed by atoms with Gasteiger partial charge in [0.05, 0.1) is 0 Å². The van der Waals surface area contributed by atoms with Crippen LogP contribution in [-0.4, -0.2) is 54.0 Å². The molecule has 0 aromatic carbocycles. The molecule has 92 valence electrons. The molecule has 5 nitrogen and oxygen atoms in total. The molecule has 0 aliphatic carbocycles. The third-order valence-corrected chi connectivity index (χ3v) is 2.71. The Hall–Kier alpha value is -1.53. The highest BCUT2D eigenvalue weighted by Crippen LogP contribution is 2.00. The van der Waals surface area contributed by atoms with Crippen molar-refractivity contribution in [1.82, 2.24) is 20.3 Å². The summed E-state index contributed by atoms with van der Waals surface area (Å²) in [6.07, 6.45) is 0. The highest BCUT2D eigenvalue weighted by molar-refractivity contribution is 5.91. The van der Waals surface area contributed by atoms with Crippen molar-refractivity contribution in [3.8, 4) is 0 Å². The second-order valence-corrected chi connectivity index (χ2v) is 4.08. The maximum absolute atomic E-state index is 12.8. The molecule has 17 heavy (non-hydrogen) atoms. The third-order valence-electron chi connectivity index (χ3n) is 2.71. The van der Waals surface area contributed by atoms with Crippen LogP contribution < -0.4 is 5.43 Å². The van der Waals surface area contributed by atoms with Crippen LogP contribution in [0.25, 0.3) is 0 Å². The second kappa shape index (κ2) is 5.20. The second-order valence-electron chi connectivity index (χ2n) is 4.08. The SMILES string of the molecule is CN1CCN(NC(=O)c2cccc(F)n2)CC1. The van der Waals surface area contributed by atoms with Crippen molar-refractivity contribution < 1.29 is 9.18 Å². The molecule has 0 radical (unpaired) electrons. The summed E-state index contributed by atoms with van der Waals surface area (Å²) in [5.74, 6) is -1.01. The van der Waals surface area contributed by atoms with Gasteiger partial charge in [-0.2, -0.15) is 4.39 Å². The van der Waals surface area contributed by atoms with Crippen LogP contribution in [0.3, 0.4) is 0 Å². The Morgan fingerprint density at radius 1 is 1.35 bits per heavy atom. The van der Waals surface area contributed by atoms with Gasteiger partial charge in [-0.25, -0.2) is 9.99 Å². The minimum absolute atomic E-state index is 0.101. The van der Waals surface area contributed by atoms with E-state index in [0.29, 0.717) is 0 Å². The molecule has 2 rings (SSSR count). The fourth-order valence-electron chi connectivity index (χ4n) is 1.65. The molecule has 1 N–H and O–H groups in total. The van der Waals surface area contributed by atoms with Crippen molar-refractivity contribution in [2.45, 2.75) is 0 Å². The molecule has 1 aromatic rings. The minimum atomic E-state index is -0.643. The van der Waals surface area contributed by atoms with Crippen LogP contribution in [0.2, 0.25) is 0 Å². The predicted molar refractivity (Wildman–Crippen MR) is 60.7 cm³/mol. The number of halogens is 1. The van der Waals surface area contributed by atoms with Crippen LogP contribution in [0.15, 0.2) is 18.2 Å². The molecule has 1 aliphatic heterocycles. The van der Waals surface area contributed by atoms with Crippen LogP contribution >= 0.6 is 0 Å². The molecule has 0 bridgehead atoms. The van der Waals surface area contributed by atoms with E-state index >= 15 is 0 Å². The summed E-state index contributed by atoms with van der Waals surface area (Å²) in [6, 6.07) is 4.18. The minimum Gasteiger partial charge on any atom is -0.304 e. The number of pyridine rings is 1. The molecule has 0 atom stereocenters. The average molecular weight is 238 g/mol. The number of carbonyl (C=O) groups is 1. The maximum Gasteiger partial charge on any atom is 0.284 e. The molecule has 1 aromatic heterocycles. The Balaban J connectivity index is 1.93. The van der Waals surface area contributed by atoms with Crippen LogP contribution in [0.5, 0.6) is 0 Å². The van der Waals surface area contributed by atoms with Gasteiger partial charge in [0.2, 0.25) is 5.95 Å². The monoisotopic (exact) mass is 238 g/mol. The number of aromatic nitrogens is 1. The van der Waals surface area contributed by atoms with Gasteiger partial charge >= 0.3 is 0 Å². The number of rotatable bonds is 2.